The largest absolute Gasteiger partial charge is 0.497 e. The molecule has 0 saturated carbocycles. The molecule has 1 heterocycles. The van der Waals surface area contributed by atoms with Crippen LogP contribution in [0.2, 0.25) is 0 Å². The maximum atomic E-state index is 12.7. The van der Waals surface area contributed by atoms with E-state index < -0.39 is 11.9 Å². The molecule has 26 heavy (non-hydrogen) atoms. The highest BCUT2D eigenvalue weighted by Gasteiger charge is 2.42. The Kier molecular flexibility index (Phi) is 4.88. The second-order valence-corrected chi connectivity index (χ2v) is 6.03. The SMILES string of the molecule is COC(=O)C1=C(N)OC2=C(C(=O)CCC2)[C@H]1c1cc(OC)ccc1OC. The Labute approximate surface area is 151 Å². The Balaban J connectivity index is 2.27. The van der Waals surface area contributed by atoms with Gasteiger partial charge in [-0.3, -0.25) is 4.79 Å². The van der Waals surface area contributed by atoms with Gasteiger partial charge in [-0.1, -0.05) is 0 Å². The van der Waals surface area contributed by atoms with Gasteiger partial charge in [0.25, 0.3) is 0 Å². The quantitative estimate of drug-likeness (QED) is 0.823. The molecule has 138 valence electrons. The van der Waals surface area contributed by atoms with E-state index in [1.165, 1.54) is 21.3 Å². The number of rotatable bonds is 4. The van der Waals surface area contributed by atoms with Crippen molar-refractivity contribution >= 4 is 11.8 Å². The van der Waals surface area contributed by atoms with Crippen LogP contribution in [0.25, 0.3) is 0 Å². The summed E-state index contributed by atoms with van der Waals surface area (Å²) in [4.78, 5) is 25.2. The molecule has 2 N–H and O–H groups in total. The highest BCUT2D eigenvalue weighted by molar-refractivity contribution is 6.03. The molecular weight excluding hydrogens is 338 g/mol. The number of carbonyl (C=O) groups excluding carboxylic acids is 2. The summed E-state index contributed by atoms with van der Waals surface area (Å²) in [7, 11) is 4.32. The molecule has 7 heteroatoms. The van der Waals surface area contributed by atoms with Crippen LogP contribution in [0, 0.1) is 0 Å². The summed E-state index contributed by atoms with van der Waals surface area (Å²) >= 11 is 0. The normalized spacial score (nSPS) is 19.7. The number of Topliss-reactive ketones (excluding diaryl/α,β-unsaturated/α-hetero) is 1. The zero-order chi connectivity index (χ0) is 18.8. The summed E-state index contributed by atoms with van der Waals surface area (Å²) in [6.45, 7) is 0. The summed E-state index contributed by atoms with van der Waals surface area (Å²) < 4.78 is 21.3. The maximum absolute atomic E-state index is 12.7. The Morgan fingerprint density at radius 2 is 1.96 bits per heavy atom. The molecule has 0 radical (unpaired) electrons. The first kappa shape index (κ1) is 17.8. The Hall–Kier alpha value is -2.96. The van der Waals surface area contributed by atoms with Crippen LogP contribution in [-0.4, -0.2) is 33.1 Å². The van der Waals surface area contributed by atoms with E-state index in [-0.39, 0.29) is 17.2 Å². The Morgan fingerprint density at radius 3 is 2.62 bits per heavy atom. The average Bonchev–Trinajstić information content (AvgIpc) is 2.66. The molecule has 1 aromatic rings. The summed E-state index contributed by atoms with van der Waals surface area (Å²) in [5.41, 5.74) is 7.15. The third kappa shape index (κ3) is 2.89. The average molecular weight is 359 g/mol. The van der Waals surface area contributed by atoms with Gasteiger partial charge in [0.15, 0.2) is 5.78 Å². The van der Waals surface area contributed by atoms with Crippen LogP contribution < -0.4 is 15.2 Å². The smallest absolute Gasteiger partial charge is 0.340 e. The Bertz CT molecular complexity index is 823. The number of ether oxygens (including phenoxy) is 4. The molecular formula is C19H21NO6. The molecule has 0 spiro atoms. The first-order valence-corrected chi connectivity index (χ1v) is 8.25. The van der Waals surface area contributed by atoms with Crippen LogP contribution in [0.5, 0.6) is 11.5 Å². The zero-order valence-corrected chi connectivity index (χ0v) is 15.0. The number of hydrogen-bond donors (Lipinski definition) is 1. The van der Waals surface area contributed by atoms with Crippen LogP contribution in [0.15, 0.2) is 41.0 Å². The van der Waals surface area contributed by atoms with Gasteiger partial charge in [0.2, 0.25) is 5.88 Å². The molecule has 3 rings (SSSR count). The highest BCUT2D eigenvalue weighted by atomic mass is 16.5. The van der Waals surface area contributed by atoms with E-state index in [1.807, 2.05) is 0 Å². The minimum absolute atomic E-state index is 0.0554. The number of hydrogen-bond acceptors (Lipinski definition) is 7. The van der Waals surface area contributed by atoms with Crippen molar-refractivity contribution in [2.24, 2.45) is 5.73 Å². The van der Waals surface area contributed by atoms with Gasteiger partial charge in [-0.05, 0) is 24.6 Å². The number of ketones is 1. The van der Waals surface area contributed by atoms with E-state index in [4.69, 9.17) is 24.7 Å². The van der Waals surface area contributed by atoms with E-state index in [9.17, 15) is 9.59 Å². The molecule has 7 nitrogen and oxygen atoms in total. The predicted molar refractivity (Wildman–Crippen MR) is 92.5 cm³/mol. The van der Waals surface area contributed by atoms with E-state index in [0.717, 1.165) is 0 Å². The van der Waals surface area contributed by atoms with Crippen molar-refractivity contribution in [3.8, 4) is 11.5 Å². The molecule has 0 fully saturated rings. The molecule has 2 aliphatic rings. The van der Waals surface area contributed by atoms with Gasteiger partial charge < -0.3 is 24.7 Å². The third-order valence-corrected chi connectivity index (χ3v) is 4.64. The van der Waals surface area contributed by atoms with Gasteiger partial charge in [-0.25, -0.2) is 4.79 Å². The van der Waals surface area contributed by atoms with Crippen LogP contribution in [-0.2, 0) is 19.1 Å². The standard InChI is InChI=1S/C19H21NO6/c1-23-10-7-8-13(24-2)11(9-10)15-16-12(21)5-4-6-14(16)26-18(20)17(15)19(22)25-3/h7-9,15H,4-6,20H2,1-3H3/t15-/m1/s1. The zero-order valence-electron chi connectivity index (χ0n) is 15.0. The second kappa shape index (κ2) is 7.11. The second-order valence-electron chi connectivity index (χ2n) is 6.03. The lowest BCUT2D eigenvalue weighted by Crippen LogP contribution is -2.31. The van der Waals surface area contributed by atoms with E-state index in [0.29, 0.717) is 47.7 Å². The molecule has 0 amide bonds. The van der Waals surface area contributed by atoms with E-state index >= 15 is 0 Å². The van der Waals surface area contributed by atoms with Crippen molar-refractivity contribution in [1.82, 2.24) is 0 Å². The van der Waals surface area contributed by atoms with Gasteiger partial charge >= 0.3 is 5.97 Å². The fourth-order valence-electron chi connectivity index (χ4n) is 3.44. The minimum atomic E-state index is -0.732. The molecule has 1 aliphatic carbocycles. The topological polar surface area (TPSA) is 97.1 Å². The Morgan fingerprint density at radius 1 is 1.19 bits per heavy atom. The van der Waals surface area contributed by atoms with E-state index in [1.54, 1.807) is 18.2 Å². The maximum Gasteiger partial charge on any atom is 0.340 e. The molecule has 0 bridgehead atoms. The van der Waals surface area contributed by atoms with Crippen molar-refractivity contribution in [2.75, 3.05) is 21.3 Å². The van der Waals surface area contributed by atoms with Crippen molar-refractivity contribution in [2.45, 2.75) is 25.2 Å². The fraction of sp³-hybridized carbons (Fsp3) is 0.368. The first-order valence-electron chi connectivity index (χ1n) is 8.25. The van der Waals surface area contributed by atoms with Crippen molar-refractivity contribution in [3.63, 3.8) is 0 Å². The van der Waals surface area contributed by atoms with Gasteiger partial charge in [0, 0.05) is 24.0 Å². The summed E-state index contributed by atoms with van der Waals surface area (Å²) in [5.74, 6) is 0.0698. The number of esters is 1. The molecule has 1 aliphatic heterocycles. The lowest BCUT2D eigenvalue weighted by Gasteiger charge is -2.32. The number of nitrogens with two attached hydrogens (primary N) is 1. The lowest BCUT2D eigenvalue weighted by atomic mass is 9.77. The van der Waals surface area contributed by atoms with Crippen LogP contribution in [0.4, 0.5) is 0 Å². The van der Waals surface area contributed by atoms with Gasteiger partial charge in [0.1, 0.15) is 22.8 Å². The number of methoxy groups -OCH3 is 3. The number of allylic oxidation sites excluding steroid dienone is 2. The minimum Gasteiger partial charge on any atom is -0.497 e. The predicted octanol–water partition coefficient (Wildman–Crippen LogP) is 2.17. The molecule has 0 saturated heterocycles. The van der Waals surface area contributed by atoms with Crippen molar-refractivity contribution < 1.29 is 28.5 Å². The third-order valence-electron chi connectivity index (χ3n) is 4.64. The first-order chi connectivity index (χ1) is 12.5. The lowest BCUT2D eigenvalue weighted by molar-refractivity contribution is -0.136. The molecule has 0 unspecified atom stereocenters. The van der Waals surface area contributed by atoms with Gasteiger partial charge in [-0.15, -0.1) is 0 Å². The molecule has 1 aromatic carbocycles. The van der Waals surface area contributed by atoms with E-state index in [2.05, 4.69) is 0 Å². The van der Waals surface area contributed by atoms with Crippen LogP contribution in [0.1, 0.15) is 30.7 Å². The fourth-order valence-corrected chi connectivity index (χ4v) is 3.44. The van der Waals surface area contributed by atoms with Gasteiger partial charge in [-0.2, -0.15) is 0 Å². The number of benzene rings is 1. The number of carbonyl (C=O) groups is 2. The monoisotopic (exact) mass is 359 g/mol. The van der Waals surface area contributed by atoms with Crippen molar-refractivity contribution in [1.29, 1.82) is 0 Å². The summed E-state index contributed by atoms with van der Waals surface area (Å²) in [6.07, 6.45) is 1.65. The molecule has 1 atom stereocenters. The molecule has 0 aromatic heterocycles. The van der Waals surface area contributed by atoms with Crippen molar-refractivity contribution in [3.05, 3.63) is 46.6 Å². The van der Waals surface area contributed by atoms with Crippen LogP contribution in [0.3, 0.4) is 0 Å². The summed E-state index contributed by atoms with van der Waals surface area (Å²) in [5, 5.41) is 0. The summed E-state index contributed by atoms with van der Waals surface area (Å²) in [6, 6.07) is 5.20. The highest BCUT2D eigenvalue weighted by Crippen LogP contribution is 2.47. The van der Waals surface area contributed by atoms with Gasteiger partial charge in [0.05, 0.1) is 27.2 Å². The van der Waals surface area contributed by atoms with Crippen LogP contribution >= 0.6 is 0 Å².